The number of nitrogens with one attached hydrogen (secondary N) is 3. The molecule has 1 heterocycles. The summed E-state index contributed by atoms with van der Waals surface area (Å²) in [5.41, 5.74) is 0.503. The highest BCUT2D eigenvalue weighted by Crippen LogP contribution is 2.42. The summed E-state index contributed by atoms with van der Waals surface area (Å²) in [5.74, 6) is -2.40. The van der Waals surface area contributed by atoms with Gasteiger partial charge < -0.3 is 25.8 Å². The van der Waals surface area contributed by atoms with E-state index >= 15 is 0 Å². The van der Waals surface area contributed by atoms with Crippen LogP contribution in [0.4, 0.5) is 4.79 Å². The standard InChI is InChI=1S/C24H33N3O6/c1-15(2)12-18(21(29)26-19(22(30)31)13-17-8-11-25-20(17)28)27-23(32)33-24(9-10-24)14-16-6-4-3-5-7-16/h3-7,15,17-19H,8-14H2,1-2H3,(H,25,28)(H,26,29)(H,27,32)(H,30,31). The highest BCUT2D eigenvalue weighted by Gasteiger charge is 2.47. The average molecular weight is 460 g/mol. The molecule has 9 nitrogen and oxygen atoms in total. The van der Waals surface area contributed by atoms with E-state index in [0.29, 0.717) is 25.8 Å². The lowest BCUT2D eigenvalue weighted by molar-refractivity contribution is -0.143. The van der Waals surface area contributed by atoms with Crippen LogP contribution < -0.4 is 16.0 Å². The summed E-state index contributed by atoms with van der Waals surface area (Å²) in [5, 5.41) is 17.4. The zero-order chi connectivity index (χ0) is 24.0. The quantitative estimate of drug-likeness (QED) is 0.400. The monoisotopic (exact) mass is 459 g/mol. The van der Waals surface area contributed by atoms with Gasteiger partial charge >= 0.3 is 12.1 Å². The lowest BCUT2D eigenvalue weighted by atomic mass is 9.97. The number of amides is 3. The van der Waals surface area contributed by atoms with Crippen molar-refractivity contribution in [2.75, 3.05) is 6.54 Å². The predicted octanol–water partition coefficient (Wildman–Crippen LogP) is 2.00. The van der Waals surface area contributed by atoms with E-state index in [1.54, 1.807) is 0 Å². The second-order valence-electron chi connectivity index (χ2n) is 9.47. The highest BCUT2D eigenvalue weighted by molar-refractivity contribution is 5.90. The molecule has 1 saturated carbocycles. The van der Waals surface area contributed by atoms with Crippen molar-refractivity contribution in [3.8, 4) is 0 Å². The third-order valence-electron chi connectivity index (χ3n) is 6.10. The normalized spacial score (nSPS) is 20.5. The summed E-state index contributed by atoms with van der Waals surface area (Å²) < 4.78 is 5.69. The first-order valence-electron chi connectivity index (χ1n) is 11.5. The van der Waals surface area contributed by atoms with Crippen LogP contribution in [0.5, 0.6) is 0 Å². The van der Waals surface area contributed by atoms with Gasteiger partial charge in [-0.1, -0.05) is 44.2 Å². The van der Waals surface area contributed by atoms with Crippen molar-refractivity contribution in [2.24, 2.45) is 11.8 Å². The molecule has 33 heavy (non-hydrogen) atoms. The van der Waals surface area contributed by atoms with E-state index in [1.165, 1.54) is 0 Å². The first-order chi connectivity index (χ1) is 15.7. The maximum atomic E-state index is 12.9. The Morgan fingerprint density at radius 2 is 1.85 bits per heavy atom. The van der Waals surface area contributed by atoms with Gasteiger partial charge in [0, 0.05) is 18.9 Å². The minimum absolute atomic E-state index is 0.00589. The van der Waals surface area contributed by atoms with E-state index in [2.05, 4.69) is 16.0 Å². The number of carboxylic acid groups (broad SMARTS) is 1. The first kappa shape index (κ1) is 24.5. The lowest BCUT2D eigenvalue weighted by Crippen LogP contribution is -2.53. The Morgan fingerprint density at radius 1 is 1.15 bits per heavy atom. The number of carbonyl (C=O) groups is 4. The SMILES string of the molecule is CC(C)CC(NC(=O)OC1(Cc2ccccc2)CC1)C(=O)NC(CC1CCNC1=O)C(=O)O. The van der Waals surface area contributed by atoms with Gasteiger partial charge in [-0.15, -0.1) is 0 Å². The molecule has 3 unspecified atom stereocenters. The molecule has 1 aromatic rings. The van der Waals surface area contributed by atoms with Crippen molar-refractivity contribution in [1.82, 2.24) is 16.0 Å². The van der Waals surface area contributed by atoms with Gasteiger partial charge in [0.05, 0.1) is 0 Å². The van der Waals surface area contributed by atoms with Gasteiger partial charge in [-0.05, 0) is 43.6 Å². The van der Waals surface area contributed by atoms with E-state index in [4.69, 9.17) is 4.74 Å². The van der Waals surface area contributed by atoms with Gasteiger partial charge in [-0.3, -0.25) is 9.59 Å². The number of hydrogen-bond donors (Lipinski definition) is 4. The number of hydrogen-bond acceptors (Lipinski definition) is 5. The van der Waals surface area contributed by atoms with E-state index in [9.17, 15) is 24.3 Å². The van der Waals surface area contributed by atoms with Gasteiger partial charge in [0.2, 0.25) is 11.8 Å². The molecule has 0 spiro atoms. The highest BCUT2D eigenvalue weighted by atomic mass is 16.6. The fourth-order valence-electron chi connectivity index (χ4n) is 4.14. The summed E-state index contributed by atoms with van der Waals surface area (Å²) >= 11 is 0. The lowest BCUT2D eigenvalue weighted by Gasteiger charge is -2.25. The predicted molar refractivity (Wildman–Crippen MR) is 120 cm³/mol. The Balaban J connectivity index is 1.59. The topological polar surface area (TPSA) is 134 Å². The Morgan fingerprint density at radius 3 is 2.39 bits per heavy atom. The average Bonchev–Trinajstić information content (AvgIpc) is 3.37. The summed E-state index contributed by atoms with van der Waals surface area (Å²) in [6.45, 7) is 4.31. The Labute approximate surface area is 193 Å². The van der Waals surface area contributed by atoms with Crippen molar-refractivity contribution in [1.29, 1.82) is 0 Å². The van der Waals surface area contributed by atoms with E-state index in [-0.39, 0.29) is 18.2 Å². The summed E-state index contributed by atoms with van der Waals surface area (Å²) in [7, 11) is 0. The molecule has 0 aromatic heterocycles. The molecule has 2 fully saturated rings. The molecular weight excluding hydrogens is 426 g/mol. The maximum Gasteiger partial charge on any atom is 0.408 e. The van der Waals surface area contributed by atoms with Gasteiger partial charge in [0.1, 0.15) is 17.7 Å². The number of alkyl carbamates (subject to hydrolysis) is 1. The third-order valence-corrected chi connectivity index (χ3v) is 6.10. The Bertz CT molecular complexity index is 868. The fraction of sp³-hybridized carbons (Fsp3) is 0.583. The van der Waals surface area contributed by atoms with E-state index in [0.717, 1.165) is 18.4 Å². The summed E-state index contributed by atoms with van der Waals surface area (Å²) in [6, 6.07) is 7.59. The van der Waals surface area contributed by atoms with Gasteiger partial charge in [-0.2, -0.15) is 0 Å². The summed E-state index contributed by atoms with van der Waals surface area (Å²) in [4.78, 5) is 49.1. The van der Waals surface area contributed by atoms with Crippen LogP contribution in [-0.4, -0.2) is 53.2 Å². The molecule has 3 amide bonds. The molecule has 1 aromatic carbocycles. The third kappa shape index (κ3) is 7.20. The summed E-state index contributed by atoms with van der Waals surface area (Å²) in [6.07, 6.45) is 2.28. The maximum absolute atomic E-state index is 12.9. The smallest absolute Gasteiger partial charge is 0.408 e. The minimum Gasteiger partial charge on any atom is -0.480 e. The van der Waals surface area contributed by atoms with Crippen LogP contribution in [0.15, 0.2) is 30.3 Å². The zero-order valence-electron chi connectivity index (χ0n) is 19.1. The fourth-order valence-corrected chi connectivity index (χ4v) is 4.14. The van der Waals surface area contributed by atoms with Gasteiger partial charge in [0.15, 0.2) is 0 Å². The first-order valence-corrected chi connectivity index (χ1v) is 11.5. The van der Waals surface area contributed by atoms with Gasteiger partial charge in [-0.25, -0.2) is 9.59 Å². The molecule has 180 valence electrons. The molecule has 4 N–H and O–H groups in total. The van der Waals surface area contributed by atoms with Crippen molar-refractivity contribution in [3.05, 3.63) is 35.9 Å². The van der Waals surface area contributed by atoms with Crippen LogP contribution in [0.3, 0.4) is 0 Å². The van der Waals surface area contributed by atoms with Crippen molar-refractivity contribution >= 4 is 23.9 Å². The van der Waals surface area contributed by atoms with Crippen LogP contribution in [0.1, 0.15) is 51.5 Å². The van der Waals surface area contributed by atoms with E-state index < -0.39 is 41.6 Å². The number of benzene rings is 1. The minimum atomic E-state index is -1.22. The van der Waals surface area contributed by atoms with Crippen molar-refractivity contribution < 1.29 is 29.0 Å². The van der Waals surface area contributed by atoms with Crippen LogP contribution in [-0.2, 0) is 25.5 Å². The molecule has 0 bridgehead atoms. The zero-order valence-corrected chi connectivity index (χ0v) is 19.1. The van der Waals surface area contributed by atoms with Crippen molar-refractivity contribution in [3.63, 3.8) is 0 Å². The molecule has 1 saturated heterocycles. The molecular formula is C24H33N3O6. The number of carbonyl (C=O) groups excluding carboxylic acids is 3. The van der Waals surface area contributed by atoms with Crippen LogP contribution in [0.2, 0.25) is 0 Å². The Kier molecular flexibility index (Phi) is 7.94. The number of carboxylic acids is 1. The number of ether oxygens (including phenoxy) is 1. The number of aliphatic carboxylic acids is 1. The second kappa shape index (κ2) is 10.7. The van der Waals surface area contributed by atoms with E-state index in [1.807, 2.05) is 44.2 Å². The largest absolute Gasteiger partial charge is 0.480 e. The van der Waals surface area contributed by atoms with Crippen LogP contribution >= 0.6 is 0 Å². The molecule has 3 atom stereocenters. The van der Waals surface area contributed by atoms with Crippen LogP contribution in [0, 0.1) is 11.8 Å². The molecule has 0 radical (unpaired) electrons. The van der Waals surface area contributed by atoms with Crippen molar-refractivity contribution in [2.45, 2.75) is 70.1 Å². The molecule has 2 aliphatic rings. The van der Waals surface area contributed by atoms with Crippen LogP contribution in [0.25, 0.3) is 0 Å². The molecule has 3 rings (SSSR count). The number of rotatable bonds is 11. The Hall–Kier alpha value is -3.10. The molecule has 9 heteroatoms. The second-order valence-corrected chi connectivity index (χ2v) is 9.47. The molecule has 1 aliphatic carbocycles. The van der Waals surface area contributed by atoms with Gasteiger partial charge in [0.25, 0.3) is 0 Å². The molecule has 1 aliphatic heterocycles.